The molecule has 2 aromatic rings. The summed E-state index contributed by atoms with van der Waals surface area (Å²) in [6, 6.07) is 12.1. The number of rotatable bonds is 9. The van der Waals surface area contributed by atoms with Gasteiger partial charge in [0.2, 0.25) is 0 Å². The van der Waals surface area contributed by atoms with Crippen LogP contribution in [0.2, 0.25) is 0 Å². The normalized spacial score (nSPS) is 20.4. The number of ether oxygens (including phenoxy) is 1. The van der Waals surface area contributed by atoms with E-state index in [4.69, 9.17) is 4.99 Å². The topological polar surface area (TPSA) is 111 Å². The van der Waals surface area contributed by atoms with Crippen LogP contribution >= 0.6 is 0 Å². The van der Waals surface area contributed by atoms with Crippen molar-refractivity contribution in [2.45, 2.75) is 71.3 Å². The minimum Gasteiger partial charge on any atom is -0.550 e. The van der Waals surface area contributed by atoms with Crippen molar-refractivity contribution in [1.82, 2.24) is 10.2 Å². The molecule has 1 spiro atoms. The van der Waals surface area contributed by atoms with Gasteiger partial charge in [0.15, 0.2) is 0 Å². The van der Waals surface area contributed by atoms with Crippen molar-refractivity contribution >= 4 is 23.5 Å². The number of hydrogen-bond donors (Lipinski definition) is 1. The van der Waals surface area contributed by atoms with E-state index < -0.39 is 23.9 Å². The zero-order valence-electron chi connectivity index (χ0n) is 24.9. The Balaban J connectivity index is 0.00000506. The maximum absolute atomic E-state index is 13.8. The Morgan fingerprint density at radius 1 is 1.05 bits per heavy atom. The van der Waals surface area contributed by atoms with Crippen LogP contribution in [0.3, 0.4) is 0 Å². The van der Waals surface area contributed by atoms with Crippen molar-refractivity contribution in [3.8, 4) is 5.75 Å². The molecule has 1 saturated carbocycles. The number of nitrogens with one attached hydrogen (secondary N) is 1. The molecular formula is C31H35F3N3NaO5. The molecule has 1 heterocycles. The molecule has 0 unspecified atom stereocenters. The molecule has 226 valence electrons. The van der Waals surface area contributed by atoms with Gasteiger partial charge in [0, 0.05) is 36.6 Å². The second-order valence-electron chi connectivity index (χ2n) is 11.9. The van der Waals surface area contributed by atoms with Gasteiger partial charge in [0.05, 0.1) is 0 Å². The van der Waals surface area contributed by atoms with E-state index in [0.29, 0.717) is 42.9 Å². The van der Waals surface area contributed by atoms with Gasteiger partial charge >= 0.3 is 35.9 Å². The van der Waals surface area contributed by atoms with Crippen LogP contribution in [0, 0.1) is 11.3 Å². The Labute approximate surface area is 271 Å². The molecular weight excluding hydrogens is 574 g/mol. The van der Waals surface area contributed by atoms with Gasteiger partial charge in [0.1, 0.15) is 17.1 Å². The fraction of sp³-hybridized carbons (Fsp3) is 0.484. The fourth-order valence-electron chi connectivity index (χ4n) is 5.72. The molecule has 43 heavy (non-hydrogen) atoms. The van der Waals surface area contributed by atoms with Crippen LogP contribution in [0.15, 0.2) is 53.5 Å². The van der Waals surface area contributed by atoms with E-state index in [1.54, 1.807) is 29.2 Å². The number of alkyl halides is 3. The van der Waals surface area contributed by atoms with Crippen molar-refractivity contribution in [2.24, 2.45) is 16.3 Å². The summed E-state index contributed by atoms with van der Waals surface area (Å²) >= 11 is 0. The number of carboxylic acids is 1. The van der Waals surface area contributed by atoms with Crippen molar-refractivity contribution in [1.29, 1.82) is 0 Å². The molecule has 2 amide bonds. The van der Waals surface area contributed by atoms with Crippen molar-refractivity contribution < 1.29 is 67.0 Å². The summed E-state index contributed by atoms with van der Waals surface area (Å²) in [6.07, 6.45) is -1.43. The molecule has 1 N–H and O–H groups in total. The first kappa shape index (κ1) is 34.6. The van der Waals surface area contributed by atoms with Crippen LogP contribution in [0.25, 0.3) is 0 Å². The van der Waals surface area contributed by atoms with Crippen LogP contribution in [0.1, 0.15) is 74.4 Å². The van der Waals surface area contributed by atoms with Crippen LogP contribution < -0.4 is 44.7 Å². The van der Waals surface area contributed by atoms with E-state index in [9.17, 15) is 32.7 Å². The number of carbonyl (C=O) groups excluding carboxylic acids is 3. The molecule has 0 saturated heterocycles. The summed E-state index contributed by atoms with van der Waals surface area (Å²) in [7, 11) is 0. The smallest absolute Gasteiger partial charge is 0.550 e. The van der Waals surface area contributed by atoms with Gasteiger partial charge < -0.3 is 24.9 Å². The van der Waals surface area contributed by atoms with Crippen molar-refractivity contribution in [3.63, 3.8) is 0 Å². The van der Waals surface area contributed by atoms with Crippen LogP contribution in [-0.2, 0) is 16.0 Å². The van der Waals surface area contributed by atoms with E-state index in [2.05, 4.69) is 30.8 Å². The Kier molecular flexibility index (Phi) is 11.1. The van der Waals surface area contributed by atoms with Crippen LogP contribution in [0.4, 0.5) is 13.2 Å². The van der Waals surface area contributed by atoms with E-state index in [1.165, 1.54) is 24.3 Å². The minimum atomic E-state index is -4.81. The number of aliphatic carboxylic acids is 1. The van der Waals surface area contributed by atoms with Crippen LogP contribution in [0.5, 0.6) is 5.75 Å². The van der Waals surface area contributed by atoms with Gasteiger partial charge in [-0.3, -0.25) is 14.6 Å². The second kappa shape index (κ2) is 13.8. The molecule has 1 aliphatic carbocycles. The number of benzene rings is 2. The van der Waals surface area contributed by atoms with E-state index in [-0.39, 0.29) is 65.3 Å². The third-order valence-corrected chi connectivity index (χ3v) is 8.10. The van der Waals surface area contributed by atoms with E-state index in [1.807, 2.05) is 0 Å². The summed E-state index contributed by atoms with van der Waals surface area (Å²) in [5.74, 6) is -1.80. The summed E-state index contributed by atoms with van der Waals surface area (Å²) in [5, 5.41) is 13.1. The first-order valence-corrected chi connectivity index (χ1v) is 14.0. The number of carboxylic acid groups (broad SMARTS) is 1. The summed E-state index contributed by atoms with van der Waals surface area (Å²) in [5.41, 5.74) is 1.34. The molecule has 1 fully saturated rings. The zero-order chi connectivity index (χ0) is 30.7. The van der Waals surface area contributed by atoms with Crippen molar-refractivity contribution in [3.05, 3.63) is 65.2 Å². The first-order valence-electron chi connectivity index (χ1n) is 14.0. The third kappa shape index (κ3) is 8.83. The molecule has 2 aliphatic rings. The largest absolute Gasteiger partial charge is 1.00 e. The monoisotopic (exact) mass is 609 g/mol. The van der Waals surface area contributed by atoms with Gasteiger partial charge in [-0.05, 0) is 85.4 Å². The predicted molar refractivity (Wildman–Crippen MR) is 148 cm³/mol. The first-order chi connectivity index (χ1) is 19.7. The average Bonchev–Trinajstić information content (AvgIpc) is 3.17. The second-order valence-corrected chi connectivity index (χ2v) is 11.9. The standard InChI is InChI=1S/C31H36F3N3O5.Na/c1-29(2,3)23-12-16-30(17-13-23)36-26(21-8-10-24(11-9-21)42-31(32,33)34)28(41)37(30)19-15-20-4-6-22(7-5-20)27(40)35-18-14-25(38)39;/h4-11,23H,12-19H2,1-3H3,(H,35,40)(H,38,39);/q;+1/p-1. The Bertz CT molecular complexity index is 1330. The zero-order valence-corrected chi connectivity index (χ0v) is 26.9. The average molecular weight is 610 g/mol. The quantitative estimate of drug-likeness (QED) is 0.431. The summed E-state index contributed by atoms with van der Waals surface area (Å²) in [6.45, 7) is 6.97. The molecule has 0 atom stereocenters. The maximum atomic E-state index is 13.8. The van der Waals surface area contributed by atoms with E-state index in [0.717, 1.165) is 18.4 Å². The Hall–Kier alpha value is -2.89. The summed E-state index contributed by atoms with van der Waals surface area (Å²) in [4.78, 5) is 43.3. The maximum Gasteiger partial charge on any atom is 1.00 e. The number of halogens is 3. The van der Waals surface area contributed by atoms with Gasteiger partial charge in [0.25, 0.3) is 11.8 Å². The minimum absolute atomic E-state index is 0. The van der Waals surface area contributed by atoms with Gasteiger partial charge in [-0.25, -0.2) is 0 Å². The molecule has 8 nitrogen and oxygen atoms in total. The predicted octanol–water partition coefficient (Wildman–Crippen LogP) is 1.27. The molecule has 4 rings (SSSR count). The Morgan fingerprint density at radius 3 is 2.19 bits per heavy atom. The molecule has 0 bridgehead atoms. The molecule has 12 heteroatoms. The number of amides is 2. The Morgan fingerprint density at radius 2 is 1.65 bits per heavy atom. The number of carbonyl (C=O) groups is 3. The SMILES string of the molecule is CC(C)(C)C1CCC2(CC1)N=C(c1ccc(OC(F)(F)F)cc1)C(=O)N2CCc1ccc(C(=O)NCCC(=O)[O-])cc1.[Na+]. The van der Waals surface area contributed by atoms with Gasteiger partial charge in [-0.2, -0.15) is 0 Å². The van der Waals surface area contributed by atoms with Gasteiger partial charge in [-0.1, -0.05) is 32.9 Å². The van der Waals surface area contributed by atoms with Crippen molar-refractivity contribution in [2.75, 3.05) is 13.1 Å². The fourth-order valence-corrected chi connectivity index (χ4v) is 5.72. The number of aliphatic imine (C=N–C) groups is 1. The molecule has 0 aromatic heterocycles. The van der Waals surface area contributed by atoms with Crippen LogP contribution in [-0.4, -0.2) is 53.5 Å². The number of nitrogens with zero attached hydrogens (tertiary/aromatic N) is 2. The van der Waals surface area contributed by atoms with Gasteiger partial charge in [-0.15, -0.1) is 13.2 Å². The molecule has 2 aromatic carbocycles. The number of hydrogen-bond acceptors (Lipinski definition) is 6. The van der Waals surface area contributed by atoms with E-state index >= 15 is 0 Å². The molecule has 1 aliphatic heterocycles. The third-order valence-electron chi connectivity index (χ3n) is 8.10. The summed E-state index contributed by atoms with van der Waals surface area (Å²) < 4.78 is 41.8. The molecule has 0 radical (unpaired) electrons.